The minimum absolute atomic E-state index is 0.226. The first-order chi connectivity index (χ1) is 15.7. The van der Waals surface area contributed by atoms with Gasteiger partial charge in [0, 0.05) is 54.8 Å². The highest BCUT2D eigenvalue weighted by atomic mass is 19.1. The predicted octanol–water partition coefficient (Wildman–Crippen LogP) is 4.00. The van der Waals surface area contributed by atoms with Crippen molar-refractivity contribution in [3.8, 4) is 5.75 Å². The van der Waals surface area contributed by atoms with Gasteiger partial charge in [0.25, 0.3) is 0 Å². The molecule has 2 heterocycles. The molecule has 1 aliphatic heterocycles. The first-order valence-corrected chi connectivity index (χ1v) is 10.8. The van der Waals surface area contributed by atoms with Crippen LogP contribution in [0.1, 0.15) is 50.0 Å². The van der Waals surface area contributed by atoms with Crippen molar-refractivity contribution in [1.82, 2.24) is 4.98 Å². The van der Waals surface area contributed by atoms with Crippen molar-refractivity contribution in [2.75, 3.05) is 19.3 Å². The summed E-state index contributed by atoms with van der Waals surface area (Å²) in [7, 11) is 1.67. The van der Waals surface area contributed by atoms with Crippen molar-refractivity contribution >= 4 is 23.4 Å². The summed E-state index contributed by atoms with van der Waals surface area (Å²) in [5.74, 6) is 0.557. The second kappa shape index (κ2) is 10.3. The molecule has 3 rings (SSSR count). The van der Waals surface area contributed by atoms with Gasteiger partial charge in [-0.2, -0.15) is 0 Å². The first kappa shape index (κ1) is 24.0. The van der Waals surface area contributed by atoms with E-state index in [2.05, 4.69) is 23.8 Å². The Morgan fingerprint density at radius 3 is 2.70 bits per heavy atom. The minimum atomic E-state index is -0.548. The summed E-state index contributed by atoms with van der Waals surface area (Å²) in [4.78, 5) is 13.3. The fourth-order valence-corrected chi connectivity index (χ4v) is 3.67. The molecule has 0 amide bonds. The molecule has 0 aliphatic carbocycles. The van der Waals surface area contributed by atoms with E-state index >= 15 is 0 Å². The lowest BCUT2D eigenvalue weighted by molar-refractivity contribution is 0.226. The minimum Gasteiger partial charge on any atom is -0.482 e. The Hall–Kier alpha value is -3.68. The molecular weight excluding hydrogens is 419 g/mol. The number of fused-ring (bicyclic) bond motifs is 3. The van der Waals surface area contributed by atoms with Crippen LogP contribution in [-0.4, -0.2) is 30.5 Å². The lowest BCUT2D eigenvalue weighted by Crippen LogP contribution is -2.17. The lowest BCUT2D eigenvalue weighted by atomic mass is 9.92. The van der Waals surface area contributed by atoms with Crippen LogP contribution in [0.3, 0.4) is 0 Å². The maximum Gasteiger partial charge on any atom is 0.166 e. The van der Waals surface area contributed by atoms with Gasteiger partial charge in [0.15, 0.2) is 11.6 Å². The molecule has 174 valence electrons. The molecule has 8 heteroatoms. The summed E-state index contributed by atoms with van der Waals surface area (Å²) in [6.07, 6.45) is 4.69. The second-order valence-electron chi connectivity index (χ2n) is 8.38. The number of allylic oxidation sites excluding steroid dienone is 2. The molecule has 1 unspecified atom stereocenters. The smallest absolute Gasteiger partial charge is 0.166 e. The number of ether oxygens (including phenoxy) is 1. The third-order valence-electron chi connectivity index (χ3n) is 5.33. The van der Waals surface area contributed by atoms with E-state index in [1.807, 2.05) is 6.92 Å². The summed E-state index contributed by atoms with van der Waals surface area (Å²) < 4.78 is 20.4. The monoisotopic (exact) mass is 450 g/mol. The van der Waals surface area contributed by atoms with Crippen LogP contribution in [0.15, 0.2) is 57.8 Å². The van der Waals surface area contributed by atoms with E-state index in [4.69, 9.17) is 26.9 Å². The zero-order valence-corrected chi connectivity index (χ0v) is 19.5. The Morgan fingerprint density at radius 2 is 2.03 bits per heavy atom. The molecule has 0 fully saturated rings. The molecule has 1 aliphatic rings. The van der Waals surface area contributed by atoms with Crippen LogP contribution >= 0.6 is 0 Å². The number of aromatic nitrogens is 1. The number of halogens is 1. The van der Waals surface area contributed by atoms with Crippen LogP contribution in [-0.2, 0) is 0 Å². The summed E-state index contributed by atoms with van der Waals surface area (Å²) in [5, 5.41) is 0. The molecular formula is C25H31FN6O. The fraction of sp³-hybridized carbons (Fsp3) is 0.320. The molecule has 2 aromatic rings. The van der Waals surface area contributed by atoms with Crippen LogP contribution in [0.25, 0.3) is 5.70 Å². The summed E-state index contributed by atoms with van der Waals surface area (Å²) in [6, 6.07) is 6.23. The highest BCUT2D eigenvalue weighted by molar-refractivity contribution is 6.13. The number of hydrogen-bond donors (Lipinski definition) is 3. The molecule has 0 spiro atoms. The Morgan fingerprint density at radius 1 is 1.27 bits per heavy atom. The average molecular weight is 451 g/mol. The van der Waals surface area contributed by atoms with E-state index in [0.29, 0.717) is 47.2 Å². The van der Waals surface area contributed by atoms with Crippen molar-refractivity contribution in [1.29, 1.82) is 0 Å². The molecule has 0 saturated carbocycles. The Labute approximate surface area is 194 Å². The number of nitrogens with zero attached hydrogens (tertiary/aromatic N) is 3. The van der Waals surface area contributed by atoms with Crippen molar-refractivity contribution in [2.45, 2.75) is 33.3 Å². The number of anilines is 1. The lowest BCUT2D eigenvalue weighted by Gasteiger charge is -2.23. The molecule has 0 saturated heterocycles. The van der Waals surface area contributed by atoms with Gasteiger partial charge in [-0.1, -0.05) is 13.8 Å². The van der Waals surface area contributed by atoms with E-state index in [0.717, 1.165) is 16.7 Å². The molecule has 2 bridgehead atoms. The van der Waals surface area contributed by atoms with Crippen LogP contribution in [0.5, 0.6) is 5.75 Å². The zero-order chi connectivity index (χ0) is 24.1. The van der Waals surface area contributed by atoms with Crippen molar-refractivity contribution in [3.05, 3.63) is 70.3 Å². The van der Waals surface area contributed by atoms with E-state index in [9.17, 15) is 4.39 Å². The van der Waals surface area contributed by atoms with E-state index < -0.39 is 6.10 Å². The normalized spacial score (nSPS) is 19.5. The first-order valence-electron chi connectivity index (χ1n) is 10.8. The highest BCUT2D eigenvalue weighted by Crippen LogP contribution is 2.33. The van der Waals surface area contributed by atoms with Crippen molar-refractivity contribution in [3.63, 3.8) is 0 Å². The van der Waals surface area contributed by atoms with E-state index in [1.165, 1.54) is 18.3 Å². The summed E-state index contributed by atoms with van der Waals surface area (Å²) in [5.41, 5.74) is 23.4. The summed E-state index contributed by atoms with van der Waals surface area (Å²) in [6.45, 7) is 6.59. The standard InChI is InChI=1S/C25H31FN6O/c1-14(2)11-31-24-16(10-27)7-17(12-30-4)23(28)20-6-5-19(26)9-21(20)15(3)33-22-8-18(24)13-32-25(22)29/h5-6,8-10,12-15H,7,11,27-28H2,1-4H3,(H2,29,32). The number of nitrogens with two attached hydrogens (primary N) is 3. The van der Waals surface area contributed by atoms with E-state index in [-0.39, 0.29) is 11.6 Å². The topological polar surface area (TPSA) is 125 Å². The number of pyridine rings is 1. The zero-order valence-electron chi connectivity index (χ0n) is 19.5. The Balaban J connectivity index is 2.32. The van der Waals surface area contributed by atoms with Gasteiger partial charge in [0.05, 0.1) is 5.71 Å². The fourth-order valence-electron chi connectivity index (χ4n) is 3.67. The number of rotatable bonds is 3. The van der Waals surface area contributed by atoms with Gasteiger partial charge in [-0.15, -0.1) is 0 Å². The Kier molecular flexibility index (Phi) is 7.48. The van der Waals surface area contributed by atoms with E-state index in [1.54, 1.807) is 31.6 Å². The van der Waals surface area contributed by atoms with Crippen LogP contribution in [0, 0.1) is 11.7 Å². The van der Waals surface area contributed by atoms with Crippen molar-refractivity contribution < 1.29 is 9.13 Å². The molecule has 1 aromatic carbocycles. The number of aliphatic imine (C=N–C) groups is 2. The highest BCUT2D eigenvalue weighted by Gasteiger charge is 2.22. The van der Waals surface area contributed by atoms with Gasteiger partial charge in [-0.3, -0.25) is 9.98 Å². The molecule has 1 aromatic heterocycles. The average Bonchev–Trinajstić information content (AvgIpc) is 2.78. The number of benzene rings is 1. The maximum atomic E-state index is 14.2. The largest absolute Gasteiger partial charge is 0.482 e. The van der Waals surface area contributed by atoms with Gasteiger partial charge in [-0.05, 0) is 54.5 Å². The van der Waals surface area contributed by atoms with Crippen LogP contribution in [0.2, 0.25) is 0 Å². The van der Waals surface area contributed by atoms with Crippen LogP contribution in [0.4, 0.5) is 10.2 Å². The van der Waals surface area contributed by atoms with Gasteiger partial charge in [0.1, 0.15) is 11.9 Å². The van der Waals surface area contributed by atoms with Crippen LogP contribution < -0.4 is 21.9 Å². The van der Waals surface area contributed by atoms with Crippen molar-refractivity contribution in [2.24, 2.45) is 27.4 Å². The van der Waals surface area contributed by atoms with Gasteiger partial charge in [-0.25, -0.2) is 9.37 Å². The number of hydrogen-bond acceptors (Lipinski definition) is 7. The predicted molar refractivity (Wildman–Crippen MR) is 133 cm³/mol. The van der Waals surface area contributed by atoms with Gasteiger partial charge < -0.3 is 21.9 Å². The summed E-state index contributed by atoms with van der Waals surface area (Å²) >= 11 is 0. The Bertz CT molecular complexity index is 1150. The molecule has 33 heavy (non-hydrogen) atoms. The molecule has 1 atom stereocenters. The molecule has 7 nitrogen and oxygen atoms in total. The third kappa shape index (κ3) is 5.39. The molecule has 0 radical (unpaired) electrons. The number of nitrogen functional groups attached to an aromatic ring is 1. The second-order valence-corrected chi connectivity index (χ2v) is 8.38. The third-order valence-corrected chi connectivity index (χ3v) is 5.33. The van der Waals surface area contributed by atoms with Gasteiger partial charge in [0.2, 0.25) is 0 Å². The SMILES string of the molecule is CN=CC1=C(N)c2ccc(F)cc2C(C)Oc2cc(cnc2N)C(=NCC(C)C)C(=CN)C1. The quantitative estimate of drug-likeness (QED) is 0.610. The maximum absolute atomic E-state index is 14.2. The van der Waals surface area contributed by atoms with Gasteiger partial charge >= 0.3 is 0 Å². The molecule has 6 N–H and O–H groups in total.